The van der Waals surface area contributed by atoms with E-state index in [9.17, 15) is 18.0 Å². The van der Waals surface area contributed by atoms with Gasteiger partial charge < -0.3 is 5.32 Å². The quantitative estimate of drug-likeness (QED) is 0.932. The number of rotatable bonds is 3. The SMILES string of the molecule is O=C(NC1CCN(CC(F)(F)F)CC1)c1ccc2ncsc2c1. The molecule has 0 bridgehead atoms. The predicted molar refractivity (Wildman–Crippen MR) is 82.6 cm³/mol. The van der Waals surface area contributed by atoms with Crippen LogP contribution in [0.15, 0.2) is 23.7 Å². The Morgan fingerprint density at radius 1 is 1.35 bits per heavy atom. The molecule has 0 spiro atoms. The molecule has 0 radical (unpaired) electrons. The fraction of sp³-hybridized carbons (Fsp3) is 0.467. The second kappa shape index (κ2) is 6.45. The van der Waals surface area contributed by atoms with E-state index in [0.717, 1.165) is 10.2 Å². The van der Waals surface area contributed by atoms with E-state index >= 15 is 0 Å². The van der Waals surface area contributed by atoms with Gasteiger partial charge >= 0.3 is 6.18 Å². The number of benzene rings is 1. The Hall–Kier alpha value is -1.67. The van der Waals surface area contributed by atoms with Gasteiger partial charge in [0.05, 0.1) is 22.3 Å². The predicted octanol–water partition coefficient (Wildman–Crippen LogP) is 3.05. The first-order valence-electron chi connectivity index (χ1n) is 7.34. The van der Waals surface area contributed by atoms with Crippen molar-refractivity contribution in [2.24, 2.45) is 0 Å². The highest BCUT2D eigenvalue weighted by Crippen LogP contribution is 2.21. The Morgan fingerprint density at radius 2 is 2.09 bits per heavy atom. The Kier molecular flexibility index (Phi) is 4.54. The minimum absolute atomic E-state index is 0.0795. The summed E-state index contributed by atoms with van der Waals surface area (Å²) in [4.78, 5) is 17.8. The number of carbonyl (C=O) groups is 1. The van der Waals surface area contributed by atoms with Crippen molar-refractivity contribution in [1.82, 2.24) is 15.2 Å². The molecule has 0 atom stereocenters. The van der Waals surface area contributed by atoms with Crippen molar-refractivity contribution < 1.29 is 18.0 Å². The van der Waals surface area contributed by atoms with Crippen LogP contribution in [0, 0.1) is 0 Å². The molecule has 23 heavy (non-hydrogen) atoms. The van der Waals surface area contributed by atoms with E-state index in [-0.39, 0.29) is 11.9 Å². The molecule has 1 amide bonds. The first-order valence-corrected chi connectivity index (χ1v) is 8.22. The normalized spacial score (nSPS) is 17.5. The number of nitrogens with one attached hydrogen (secondary N) is 1. The zero-order chi connectivity index (χ0) is 16.4. The highest BCUT2D eigenvalue weighted by molar-refractivity contribution is 7.16. The van der Waals surface area contributed by atoms with Gasteiger partial charge in [-0.15, -0.1) is 11.3 Å². The van der Waals surface area contributed by atoms with Crippen LogP contribution in [0.1, 0.15) is 23.2 Å². The summed E-state index contributed by atoms with van der Waals surface area (Å²) >= 11 is 1.47. The van der Waals surface area contributed by atoms with Gasteiger partial charge in [0, 0.05) is 24.7 Å². The van der Waals surface area contributed by atoms with Crippen molar-refractivity contribution in [1.29, 1.82) is 0 Å². The summed E-state index contributed by atoms with van der Waals surface area (Å²) in [6.07, 6.45) is -3.10. The number of nitrogens with zero attached hydrogens (tertiary/aromatic N) is 2. The molecule has 2 aromatic rings. The molecule has 0 unspecified atom stereocenters. The third-order valence-electron chi connectivity index (χ3n) is 3.92. The Labute approximate surface area is 135 Å². The number of carbonyl (C=O) groups excluding carboxylic acids is 1. The smallest absolute Gasteiger partial charge is 0.349 e. The van der Waals surface area contributed by atoms with Crippen molar-refractivity contribution in [3.63, 3.8) is 0 Å². The number of hydrogen-bond donors (Lipinski definition) is 1. The molecule has 1 aromatic carbocycles. The van der Waals surface area contributed by atoms with Crippen LogP contribution in [-0.4, -0.2) is 47.6 Å². The van der Waals surface area contributed by atoms with E-state index in [0.29, 0.717) is 31.5 Å². The number of thiazole rings is 1. The van der Waals surface area contributed by atoms with Crippen LogP contribution in [-0.2, 0) is 0 Å². The van der Waals surface area contributed by atoms with Crippen LogP contribution in [0.25, 0.3) is 10.2 Å². The summed E-state index contributed by atoms with van der Waals surface area (Å²) in [7, 11) is 0. The molecule has 1 N–H and O–H groups in total. The lowest BCUT2D eigenvalue weighted by Crippen LogP contribution is -2.47. The number of likely N-dealkylation sites (tertiary alicyclic amines) is 1. The molecule has 1 aliphatic heterocycles. The van der Waals surface area contributed by atoms with E-state index in [1.165, 1.54) is 16.2 Å². The minimum atomic E-state index is -4.17. The molecule has 124 valence electrons. The number of hydrogen-bond acceptors (Lipinski definition) is 4. The summed E-state index contributed by atoms with van der Waals surface area (Å²) in [5, 5.41) is 2.91. The molecule has 1 saturated heterocycles. The van der Waals surface area contributed by atoms with Gasteiger partial charge in [0.1, 0.15) is 0 Å². The number of amides is 1. The maximum atomic E-state index is 12.4. The largest absolute Gasteiger partial charge is 0.401 e. The van der Waals surface area contributed by atoms with E-state index in [1.54, 1.807) is 23.7 Å². The summed E-state index contributed by atoms with van der Waals surface area (Å²) in [6, 6.07) is 5.23. The number of fused-ring (bicyclic) bond motifs is 1. The number of piperidine rings is 1. The van der Waals surface area contributed by atoms with E-state index in [4.69, 9.17) is 0 Å². The van der Waals surface area contributed by atoms with Crippen LogP contribution in [0.2, 0.25) is 0 Å². The van der Waals surface area contributed by atoms with Gasteiger partial charge in [-0.25, -0.2) is 4.98 Å². The first-order chi connectivity index (χ1) is 10.9. The van der Waals surface area contributed by atoms with Crippen LogP contribution in [0.3, 0.4) is 0 Å². The van der Waals surface area contributed by atoms with Crippen molar-refractivity contribution >= 4 is 27.5 Å². The fourth-order valence-electron chi connectivity index (χ4n) is 2.75. The molecule has 1 fully saturated rings. The van der Waals surface area contributed by atoms with Gasteiger partial charge in [0.2, 0.25) is 0 Å². The van der Waals surface area contributed by atoms with Crippen LogP contribution < -0.4 is 5.32 Å². The maximum Gasteiger partial charge on any atom is 0.401 e. The fourth-order valence-corrected chi connectivity index (χ4v) is 3.47. The minimum Gasteiger partial charge on any atom is -0.349 e. The Bertz CT molecular complexity index is 693. The number of alkyl halides is 3. The lowest BCUT2D eigenvalue weighted by molar-refractivity contribution is -0.148. The van der Waals surface area contributed by atoms with Crippen molar-refractivity contribution in [2.75, 3.05) is 19.6 Å². The van der Waals surface area contributed by atoms with Gasteiger partial charge in [-0.2, -0.15) is 13.2 Å². The van der Waals surface area contributed by atoms with Gasteiger partial charge in [-0.05, 0) is 31.0 Å². The summed E-state index contributed by atoms with van der Waals surface area (Å²) in [5.41, 5.74) is 3.13. The second-order valence-corrected chi connectivity index (χ2v) is 6.56. The number of halogens is 3. The average Bonchev–Trinajstić information content (AvgIpc) is 2.95. The molecule has 1 aromatic heterocycles. The van der Waals surface area contributed by atoms with Gasteiger partial charge in [0.15, 0.2) is 0 Å². The summed E-state index contributed by atoms with van der Waals surface area (Å²) < 4.78 is 38.0. The van der Waals surface area contributed by atoms with E-state index in [2.05, 4.69) is 10.3 Å². The maximum absolute atomic E-state index is 12.4. The van der Waals surface area contributed by atoms with E-state index < -0.39 is 12.7 Å². The highest BCUT2D eigenvalue weighted by atomic mass is 32.1. The molecule has 3 rings (SSSR count). The molecule has 0 saturated carbocycles. The standard InChI is InChI=1S/C15H16F3N3OS/c16-15(17,18)8-21-5-3-11(4-6-21)20-14(22)10-1-2-12-13(7-10)23-9-19-12/h1-2,7,9,11H,3-6,8H2,(H,20,22). The van der Waals surface area contributed by atoms with Crippen LogP contribution in [0.5, 0.6) is 0 Å². The van der Waals surface area contributed by atoms with Crippen molar-refractivity contribution in [3.8, 4) is 0 Å². The lowest BCUT2D eigenvalue weighted by atomic mass is 10.0. The Morgan fingerprint density at radius 3 is 2.78 bits per heavy atom. The van der Waals surface area contributed by atoms with Crippen LogP contribution >= 0.6 is 11.3 Å². The van der Waals surface area contributed by atoms with Crippen molar-refractivity contribution in [3.05, 3.63) is 29.3 Å². The first kappa shape index (κ1) is 16.2. The summed E-state index contributed by atoms with van der Waals surface area (Å²) in [5.74, 6) is -0.186. The van der Waals surface area contributed by atoms with Crippen LogP contribution in [0.4, 0.5) is 13.2 Å². The van der Waals surface area contributed by atoms with Gasteiger partial charge in [-0.1, -0.05) is 0 Å². The average molecular weight is 343 g/mol. The molecule has 2 heterocycles. The lowest BCUT2D eigenvalue weighted by Gasteiger charge is -2.32. The molecular weight excluding hydrogens is 327 g/mol. The second-order valence-electron chi connectivity index (χ2n) is 5.67. The zero-order valence-electron chi connectivity index (χ0n) is 12.3. The highest BCUT2D eigenvalue weighted by Gasteiger charge is 2.32. The zero-order valence-corrected chi connectivity index (χ0v) is 13.1. The van der Waals surface area contributed by atoms with Gasteiger partial charge in [-0.3, -0.25) is 9.69 Å². The van der Waals surface area contributed by atoms with E-state index in [1.807, 2.05) is 0 Å². The molecule has 1 aliphatic rings. The monoisotopic (exact) mass is 343 g/mol. The molecule has 8 heteroatoms. The molecule has 4 nitrogen and oxygen atoms in total. The third kappa shape index (κ3) is 4.20. The van der Waals surface area contributed by atoms with Gasteiger partial charge in [0.25, 0.3) is 5.91 Å². The molecule has 0 aliphatic carbocycles. The third-order valence-corrected chi connectivity index (χ3v) is 4.71. The topological polar surface area (TPSA) is 45.2 Å². The molecular formula is C15H16F3N3OS. The Balaban J connectivity index is 1.55. The van der Waals surface area contributed by atoms with Crippen molar-refractivity contribution in [2.45, 2.75) is 25.1 Å². The summed E-state index contributed by atoms with van der Waals surface area (Å²) in [6.45, 7) is -0.188. The number of aromatic nitrogens is 1.